The molecule has 1 aliphatic rings. The van der Waals surface area contributed by atoms with Crippen LogP contribution in [0.1, 0.15) is 50.3 Å². The monoisotopic (exact) mass is 311 g/mol. The number of hydrogen-bond donors (Lipinski definition) is 2. The van der Waals surface area contributed by atoms with Gasteiger partial charge in [-0.1, -0.05) is 6.42 Å². The predicted octanol–water partition coefficient (Wildman–Crippen LogP) is 1.26. The summed E-state index contributed by atoms with van der Waals surface area (Å²) in [6.45, 7) is 2.89. The Morgan fingerprint density at radius 2 is 2.24 bits per heavy atom. The number of thioether (sulfide) groups is 1. The van der Waals surface area contributed by atoms with Gasteiger partial charge in [-0.15, -0.1) is 10.2 Å². The maximum Gasteiger partial charge on any atom is 0.237 e. The van der Waals surface area contributed by atoms with E-state index in [1.54, 1.807) is 11.8 Å². The Kier molecular flexibility index (Phi) is 6.05. The minimum atomic E-state index is -0.452. The van der Waals surface area contributed by atoms with E-state index >= 15 is 0 Å². The summed E-state index contributed by atoms with van der Waals surface area (Å²) in [6, 6.07) is -0.608. The van der Waals surface area contributed by atoms with Crippen LogP contribution in [0, 0.1) is 0 Å². The average Bonchev–Trinajstić information content (AvgIpc) is 2.73. The molecule has 7 heteroatoms. The second-order valence-electron chi connectivity index (χ2n) is 5.55. The maximum atomic E-state index is 12.1. The minimum absolute atomic E-state index is 0.109. The highest BCUT2D eigenvalue weighted by Crippen LogP contribution is 2.18. The van der Waals surface area contributed by atoms with E-state index in [1.807, 2.05) is 13.2 Å². The highest BCUT2D eigenvalue weighted by atomic mass is 32.2. The quantitative estimate of drug-likeness (QED) is 0.826. The molecule has 0 spiro atoms. The van der Waals surface area contributed by atoms with E-state index in [4.69, 9.17) is 5.73 Å². The molecule has 21 heavy (non-hydrogen) atoms. The molecule has 6 nitrogen and oxygen atoms in total. The van der Waals surface area contributed by atoms with Crippen molar-refractivity contribution >= 4 is 17.7 Å². The molecule has 2 heterocycles. The van der Waals surface area contributed by atoms with Crippen molar-refractivity contribution in [3.8, 4) is 0 Å². The van der Waals surface area contributed by atoms with Crippen LogP contribution in [0.25, 0.3) is 0 Å². The Labute approximate surface area is 130 Å². The zero-order chi connectivity index (χ0) is 15.2. The highest BCUT2D eigenvalue weighted by molar-refractivity contribution is 7.98. The molecule has 1 unspecified atom stereocenters. The van der Waals surface area contributed by atoms with Gasteiger partial charge >= 0.3 is 0 Å². The number of aryl methyl sites for hydroxylation is 1. The van der Waals surface area contributed by atoms with Crippen molar-refractivity contribution in [2.75, 3.05) is 12.0 Å². The van der Waals surface area contributed by atoms with Gasteiger partial charge in [0.1, 0.15) is 5.82 Å². The van der Waals surface area contributed by atoms with Crippen LogP contribution in [0.2, 0.25) is 0 Å². The number of amides is 1. The molecular formula is C14H25N5OS. The molecule has 1 amide bonds. The summed E-state index contributed by atoms with van der Waals surface area (Å²) >= 11 is 1.70. The number of nitrogens with one attached hydrogen (secondary N) is 1. The fourth-order valence-corrected chi connectivity index (χ4v) is 3.08. The van der Waals surface area contributed by atoms with E-state index in [9.17, 15) is 4.79 Å². The first-order valence-electron chi connectivity index (χ1n) is 7.60. The van der Waals surface area contributed by atoms with Crippen LogP contribution < -0.4 is 11.1 Å². The van der Waals surface area contributed by atoms with Gasteiger partial charge in [0.15, 0.2) is 5.82 Å². The van der Waals surface area contributed by atoms with Gasteiger partial charge in [-0.25, -0.2) is 0 Å². The topological polar surface area (TPSA) is 85.8 Å². The van der Waals surface area contributed by atoms with Crippen molar-refractivity contribution in [2.45, 2.75) is 57.7 Å². The van der Waals surface area contributed by atoms with Crippen molar-refractivity contribution in [2.24, 2.45) is 5.73 Å². The van der Waals surface area contributed by atoms with Gasteiger partial charge in [-0.2, -0.15) is 11.8 Å². The second kappa shape index (κ2) is 7.79. The molecule has 2 rings (SSSR count). The molecule has 3 N–H and O–H groups in total. The lowest BCUT2D eigenvalue weighted by molar-refractivity contribution is -0.123. The van der Waals surface area contributed by atoms with E-state index in [0.717, 1.165) is 36.8 Å². The number of nitrogens with zero attached hydrogens (tertiary/aromatic N) is 3. The maximum absolute atomic E-state index is 12.1. The molecule has 0 bridgehead atoms. The number of aromatic nitrogens is 3. The molecule has 0 saturated heterocycles. The number of carbonyl (C=O) groups excluding carboxylic acids is 1. The van der Waals surface area contributed by atoms with Crippen molar-refractivity contribution in [3.05, 3.63) is 11.6 Å². The average molecular weight is 311 g/mol. The van der Waals surface area contributed by atoms with Crippen molar-refractivity contribution in [1.82, 2.24) is 20.1 Å². The summed E-state index contributed by atoms with van der Waals surface area (Å²) in [5, 5.41) is 11.5. The first-order valence-corrected chi connectivity index (χ1v) is 8.99. The molecule has 0 fully saturated rings. The molecule has 1 aliphatic heterocycles. The molecule has 0 saturated carbocycles. The van der Waals surface area contributed by atoms with Crippen LogP contribution in [0.5, 0.6) is 0 Å². The number of hydrogen-bond acceptors (Lipinski definition) is 5. The molecule has 1 aromatic rings. The molecule has 2 atom stereocenters. The van der Waals surface area contributed by atoms with E-state index in [0.29, 0.717) is 6.42 Å². The Hall–Kier alpha value is -1.08. The van der Waals surface area contributed by atoms with Gasteiger partial charge < -0.3 is 15.6 Å². The van der Waals surface area contributed by atoms with E-state index in [2.05, 4.69) is 20.1 Å². The van der Waals surface area contributed by atoms with E-state index in [-0.39, 0.29) is 11.9 Å². The van der Waals surface area contributed by atoms with Crippen LogP contribution >= 0.6 is 11.8 Å². The van der Waals surface area contributed by atoms with Crippen LogP contribution in [-0.2, 0) is 17.8 Å². The van der Waals surface area contributed by atoms with Gasteiger partial charge in [0.2, 0.25) is 5.91 Å². The molecular weight excluding hydrogens is 286 g/mol. The van der Waals surface area contributed by atoms with Gasteiger partial charge in [-0.3, -0.25) is 4.79 Å². The number of fused-ring (bicyclic) bond motifs is 1. The van der Waals surface area contributed by atoms with E-state index in [1.165, 1.54) is 12.8 Å². The Morgan fingerprint density at radius 3 is 3.00 bits per heavy atom. The third kappa shape index (κ3) is 4.20. The van der Waals surface area contributed by atoms with Gasteiger partial charge in [0.25, 0.3) is 0 Å². The van der Waals surface area contributed by atoms with E-state index < -0.39 is 6.04 Å². The van der Waals surface area contributed by atoms with Crippen molar-refractivity contribution < 1.29 is 4.79 Å². The minimum Gasteiger partial charge on any atom is -0.345 e. The zero-order valence-corrected chi connectivity index (χ0v) is 13.7. The fourth-order valence-electron chi connectivity index (χ4n) is 2.59. The Morgan fingerprint density at radius 1 is 1.43 bits per heavy atom. The number of carbonyl (C=O) groups is 1. The smallest absolute Gasteiger partial charge is 0.237 e. The van der Waals surface area contributed by atoms with Gasteiger partial charge in [0, 0.05) is 13.0 Å². The normalized spacial score (nSPS) is 17.7. The second-order valence-corrected chi connectivity index (χ2v) is 6.54. The predicted molar refractivity (Wildman–Crippen MR) is 85.1 cm³/mol. The fraction of sp³-hybridized carbons (Fsp3) is 0.786. The third-order valence-corrected chi connectivity index (χ3v) is 4.50. The van der Waals surface area contributed by atoms with Gasteiger partial charge in [0.05, 0.1) is 12.1 Å². The lowest BCUT2D eigenvalue weighted by Crippen LogP contribution is -2.42. The standard InChI is InChI=1S/C14H25N5OS/c1-10(16-14(20)11(15)7-9-21-2)13-18-17-12-6-4-3-5-8-19(12)13/h10-11H,3-9,15H2,1-2H3,(H,16,20)/t10?,11-/m0/s1. The van der Waals surface area contributed by atoms with Crippen LogP contribution in [0.4, 0.5) is 0 Å². The molecule has 1 aromatic heterocycles. The summed E-state index contributed by atoms with van der Waals surface area (Å²) in [4.78, 5) is 12.1. The Bertz CT molecular complexity index is 476. The van der Waals surface area contributed by atoms with Crippen LogP contribution in [-0.4, -0.2) is 38.7 Å². The lowest BCUT2D eigenvalue weighted by atomic mass is 10.2. The summed E-state index contributed by atoms with van der Waals surface area (Å²) in [5.41, 5.74) is 5.90. The third-order valence-electron chi connectivity index (χ3n) is 3.85. The first kappa shape index (κ1) is 16.3. The molecule has 0 aromatic carbocycles. The van der Waals surface area contributed by atoms with Crippen molar-refractivity contribution in [3.63, 3.8) is 0 Å². The summed E-state index contributed by atoms with van der Waals surface area (Å²) in [6.07, 6.45) is 7.21. The molecule has 118 valence electrons. The SMILES string of the molecule is CSCC[C@H](N)C(=O)NC(C)c1nnc2n1CCCCC2. The zero-order valence-electron chi connectivity index (χ0n) is 12.8. The van der Waals surface area contributed by atoms with Crippen LogP contribution in [0.15, 0.2) is 0 Å². The van der Waals surface area contributed by atoms with Crippen molar-refractivity contribution in [1.29, 1.82) is 0 Å². The summed E-state index contributed by atoms with van der Waals surface area (Å²) in [5.74, 6) is 2.67. The Balaban J connectivity index is 1.98. The van der Waals surface area contributed by atoms with Gasteiger partial charge in [-0.05, 0) is 38.2 Å². The summed E-state index contributed by atoms with van der Waals surface area (Å²) < 4.78 is 2.16. The lowest BCUT2D eigenvalue weighted by Gasteiger charge is -2.18. The van der Waals surface area contributed by atoms with Crippen LogP contribution in [0.3, 0.4) is 0 Å². The first-order chi connectivity index (χ1) is 10.1. The largest absolute Gasteiger partial charge is 0.345 e. The number of nitrogens with two attached hydrogens (primary N) is 1. The molecule has 0 aliphatic carbocycles. The number of rotatable bonds is 6. The molecule has 0 radical (unpaired) electrons. The highest BCUT2D eigenvalue weighted by Gasteiger charge is 2.22. The summed E-state index contributed by atoms with van der Waals surface area (Å²) in [7, 11) is 0.